The van der Waals surface area contributed by atoms with Crippen LogP contribution in [-0.2, 0) is 4.74 Å². The van der Waals surface area contributed by atoms with E-state index in [-0.39, 0.29) is 0 Å². The third-order valence-corrected chi connectivity index (χ3v) is 4.13. The second-order valence-corrected chi connectivity index (χ2v) is 5.56. The lowest BCUT2D eigenvalue weighted by molar-refractivity contribution is 0.0600. The number of hydrogen-bond donors (Lipinski definition) is 1. The van der Waals surface area contributed by atoms with Crippen molar-refractivity contribution in [2.75, 3.05) is 12.4 Å². The van der Waals surface area contributed by atoms with Crippen molar-refractivity contribution in [3.63, 3.8) is 0 Å². The Bertz CT molecular complexity index is 1100. The highest BCUT2D eigenvalue weighted by Crippen LogP contribution is 2.28. The van der Waals surface area contributed by atoms with Crippen LogP contribution in [0.3, 0.4) is 0 Å². The number of pyridine rings is 1. The SMILES string of the molecule is COC(=O)c1cn2ncnc(Nc3cccc4ncccc34)c2c1C. The number of carbonyl (C=O) groups excluding carboxylic acids is 1. The van der Waals surface area contributed by atoms with Crippen LogP contribution >= 0.6 is 0 Å². The molecule has 4 rings (SSSR count). The maximum absolute atomic E-state index is 11.9. The average molecular weight is 333 g/mol. The topological polar surface area (TPSA) is 81.4 Å². The summed E-state index contributed by atoms with van der Waals surface area (Å²) in [7, 11) is 1.36. The van der Waals surface area contributed by atoms with Crippen LogP contribution in [0.5, 0.6) is 0 Å². The van der Waals surface area contributed by atoms with Crippen molar-refractivity contribution in [1.29, 1.82) is 0 Å². The third kappa shape index (κ3) is 2.46. The molecule has 0 aliphatic rings. The van der Waals surface area contributed by atoms with Gasteiger partial charge >= 0.3 is 5.97 Å². The number of nitrogens with one attached hydrogen (secondary N) is 1. The van der Waals surface area contributed by atoms with Crippen molar-refractivity contribution < 1.29 is 9.53 Å². The highest BCUT2D eigenvalue weighted by atomic mass is 16.5. The molecule has 0 atom stereocenters. The van der Waals surface area contributed by atoms with Gasteiger partial charge in [-0.3, -0.25) is 4.98 Å². The van der Waals surface area contributed by atoms with Crippen LogP contribution in [0.2, 0.25) is 0 Å². The lowest BCUT2D eigenvalue weighted by Gasteiger charge is -2.10. The molecular formula is C18H15N5O2. The summed E-state index contributed by atoms with van der Waals surface area (Å²) in [6, 6.07) is 9.73. The minimum atomic E-state index is -0.400. The normalized spacial score (nSPS) is 11.0. The van der Waals surface area contributed by atoms with E-state index in [9.17, 15) is 4.79 Å². The molecule has 0 saturated heterocycles. The Morgan fingerprint density at radius 2 is 2.08 bits per heavy atom. The zero-order chi connectivity index (χ0) is 17.4. The fourth-order valence-corrected chi connectivity index (χ4v) is 2.91. The van der Waals surface area contributed by atoms with Gasteiger partial charge in [-0.25, -0.2) is 14.3 Å². The van der Waals surface area contributed by atoms with E-state index in [1.165, 1.54) is 13.4 Å². The fraction of sp³-hybridized carbons (Fsp3) is 0.111. The van der Waals surface area contributed by atoms with Crippen molar-refractivity contribution >= 4 is 33.9 Å². The van der Waals surface area contributed by atoms with Crippen LogP contribution in [0, 0.1) is 6.92 Å². The number of hydrogen-bond acceptors (Lipinski definition) is 6. The largest absolute Gasteiger partial charge is 0.465 e. The van der Waals surface area contributed by atoms with Crippen LogP contribution < -0.4 is 5.32 Å². The molecule has 0 fully saturated rings. The van der Waals surface area contributed by atoms with E-state index in [1.54, 1.807) is 16.9 Å². The van der Waals surface area contributed by atoms with Gasteiger partial charge in [0.25, 0.3) is 0 Å². The molecule has 0 aliphatic carbocycles. The van der Waals surface area contributed by atoms with Crippen molar-refractivity contribution in [2.45, 2.75) is 6.92 Å². The van der Waals surface area contributed by atoms with Gasteiger partial charge in [0, 0.05) is 23.5 Å². The van der Waals surface area contributed by atoms with Gasteiger partial charge in [0.15, 0.2) is 5.82 Å². The van der Waals surface area contributed by atoms with Gasteiger partial charge in [-0.05, 0) is 36.8 Å². The number of fused-ring (bicyclic) bond motifs is 2. The monoisotopic (exact) mass is 333 g/mol. The number of rotatable bonds is 3. The fourth-order valence-electron chi connectivity index (χ4n) is 2.91. The zero-order valence-corrected chi connectivity index (χ0v) is 13.7. The second-order valence-electron chi connectivity index (χ2n) is 5.56. The Morgan fingerprint density at radius 1 is 1.20 bits per heavy atom. The van der Waals surface area contributed by atoms with E-state index >= 15 is 0 Å². The molecule has 3 heterocycles. The molecular weight excluding hydrogens is 318 g/mol. The molecule has 25 heavy (non-hydrogen) atoms. The number of anilines is 2. The first-order chi connectivity index (χ1) is 12.2. The molecule has 0 amide bonds. The molecule has 0 spiro atoms. The van der Waals surface area contributed by atoms with E-state index < -0.39 is 5.97 Å². The number of esters is 1. The summed E-state index contributed by atoms with van der Waals surface area (Å²) in [5.41, 5.74) is 3.72. The number of carbonyl (C=O) groups is 1. The number of ether oxygens (including phenoxy) is 1. The van der Waals surface area contributed by atoms with Gasteiger partial charge in [-0.1, -0.05) is 6.07 Å². The van der Waals surface area contributed by atoms with Crippen LogP contribution in [0.15, 0.2) is 49.1 Å². The van der Waals surface area contributed by atoms with E-state index in [0.717, 1.165) is 27.7 Å². The Balaban J connectivity index is 1.87. The first-order valence-corrected chi connectivity index (χ1v) is 7.71. The highest BCUT2D eigenvalue weighted by Gasteiger charge is 2.18. The maximum atomic E-state index is 11.9. The number of aromatic nitrogens is 4. The first-order valence-electron chi connectivity index (χ1n) is 7.71. The second kappa shape index (κ2) is 5.86. The number of nitrogens with zero attached hydrogens (tertiary/aromatic N) is 4. The lowest BCUT2D eigenvalue weighted by Crippen LogP contribution is -2.01. The maximum Gasteiger partial charge on any atom is 0.339 e. The number of aryl methyl sites for hydroxylation is 1. The molecule has 4 aromatic rings. The molecule has 1 N–H and O–H groups in total. The number of benzene rings is 1. The molecule has 124 valence electrons. The predicted molar refractivity (Wildman–Crippen MR) is 94.1 cm³/mol. The van der Waals surface area contributed by atoms with Crippen LogP contribution in [0.25, 0.3) is 16.4 Å². The molecule has 0 radical (unpaired) electrons. The average Bonchev–Trinajstić information content (AvgIpc) is 2.99. The molecule has 0 unspecified atom stereocenters. The molecule has 7 nitrogen and oxygen atoms in total. The van der Waals surface area contributed by atoms with Gasteiger partial charge in [0.05, 0.1) is 18.2 Å². The van der Waals surface area contributed by atoms with Crippen LogP contribution in [0.4, 0.5) is 11.5 Å². The Hall–Kier alpha value is -3.48. The van der Waals surface area contributed by atoms with Gasteiger partial charge in [0.1, 0.15) is 11.8 Å². The molecule has 0 aliphatic heterocycles. The van der Waals surface area contributed by atoms with Gasteiger partial charge in [0.2, 0.25) is 0 Å². The van der Waals surface area contributed by atoms with E-state index in [4.69, 9.17) is 4.74 Å². The quantitative estimate of drug-likeness (QED) is 0.580. The van der Waals surface area contributed by atoms with E-state index in [0.29, 0.717) is 11.4 Å². The van der Waals surface area contributed by atoms with Gasteiger partial charge in [-0.2, -0.15) is 5.10 Å². The molecule has 1 aromatic carbocycles. The Labute approximate surface area is 143 Å². The minimum Gasteiger partial charge on any atom is -0.465 e. The number of methoxy groups -OCH3 is 1. The van der Waals surface area contributed by atoms with Gasteiger partial charge < -0.3 is 10.1 Å². The summed E-state index contributed by atoms with van der Waals surface area (Å²) in [4.78, 5) is 20.7. The predicted octanol–water partition coefficient (Wildman–Crippen LogP) is 3.12. The summed E-state index contributed by atoms with van der Waals surface area (Å²) >= 11 is 0. The summed E-state index contributed by atoms with van der Waals surface area (Å²) in [5, 5.41) is 8.51. The van der Waals surface area contributed by atoms with E-state index in [1.807, 2.05) is 37.3 Å². The van der Waals surface area contributed by atoms with Crippen molar-refractivity contribution in [1.82, 2.24) is 19.6 Å². The van der Waals surface area contributed by atoms with Crippen molar-refractivity contribution in [3.05, 3.63) is 60.2 Å². The van der Waals surface area contributed by atoms with Crippen LogP contribution in [-0.4, -0.2) is 32.7 Å². The first kappa shape index (κ1) is 15.1. The summed E-state index contributed by atoms with van der Waals surface area (Å²) in [5.74, 6) is 0.210. The molecule has 0 saturated carbocycles. The van der Waals surface area contributed by atoms with Crippen molar-refractivity contribution in [2.24, 2.45) is 0 Å². The molecule has 0 bridgehead atoms. The summed E-state index contributed by atoms with van der Waals surface area (Å²) in [6.45, 7) is 1.85. The standard InChI is InChI=1S/C18H15N5O2/c1-11-13(18(24)25-2)9-23-16(11)17(20-10-21-23)22-15-7-3-6-14-12(15)5-4-8-19-14/h3-10H,1-2H3,(H,20,21,22). The smallest absolute Gasteiger partial charge is 0.339 e. The third-order valence-electron chi connectivity index (χ3n) is 4.13. The summed E-state index contributed by atoms with van der Waals surface area (Å²) in [6.07, 6.45) is 4.85. The van der Waals surface area contributed by atoms with Gasteiger partial charge in [-0.15, -0.1) is 0 Å². The lowest BCUT2D eigenvalue weighted by atomic mass is 10.1. The molecule has 3 aromatic heterocycles. The van der Waals surface area contributed by atoms with Crippen molar-refractivity contribution in [3.8, 4) is 0 Å². The molecule has 7 heteroatoms. The highest BCUT2D eigenvalue weighted by molar-refractivity contribution is 5.97. The Kier molecular flexibility index (Phi) is 3.53. The van der Waals surface area contributed by atoms with Crippen LogP contribution in [0.1, 0.15) is 15.9 Å². The Morgan fingerprint density at radius 3 is 2.92 bits per heavy atom. The zero-order valence-electron chi connectivity index (χ0n) is 13.7. The minimum absolute atomic E-state index is 0.400. The summed E-state index contributed by atoms with van der Waals surface area (Å²) < 4.78 is 6.46. The van der Waals surface area contributed by atoms with E-state index in [2.05, 4.69) is 20.4 Å².